The second kappa shape index (κ2) is 8.61. The number of hydrogen-bond donors (Lipinski definition) is 2. The zero-order valence-corrected chi connectivity index (χ0v) is 14.8. The van der Waals surface area contributed by atoms with Gasteiger partial charge in [0.2, 0.25) is 0 Å². The van der Waals surface area contributed by atoms with Gasteiger partial charge >= 0.3 is 0 Å². The molecule has 0 aliphatic rings. The highest BCUT2D eigenvalue weighted by Gasteiger charge is 2.15. The van der Waals surface area contributed by atoms with Crippen molar-refractivity contribution in [3.05, 3.63) is 54.1 Å². The summed E-state index contributed by atoms with van der Waals surface area (Å²) in [6.07, 6.45) is 0.855. The fraction of sp³-hybridized carbons (Fsp3) is 0.235. The van der Waals surface area contributed by atoms with Gasteiger partial charge in [0.1, 0.15) is 5.75 Å². The molecule has 0 aliphatic heterocycles. The summed E-state index contributed by atoms with van der Waals surface area (Å²) in [4.78, 5) is 18.7. The Bertz CT molecular complexity index is 819. The van der Waals surface area contributed by atoms with Crippen LogP contribution in [0.2, 0.25) is 0 Å². The lowest BCUT2D eigenvalue weighted by Gasteiger charge is -2.12. The number of amides is 1. The van der Waals surface area contributed by atoms with Crippen LogP contribution in [-0.2, 0) is 14.9 Å². The molecule has 0 spiro atoms. The number of sulfonamides is 1. The first-order valence-electron chi connectivity index (χ1n) is 7.66. The third kappa shape index (κ3) is 5.02. The van der Waals surface area contributed by atoms with Crippen LogP contribution in [0.3, 0.4) is 0 Å². The lowest BCUT2D eigenvalue weighted by Crippen LogP contribution is -2.22. The molecule has 2 aromatic carbocycles. The van der Waals surface area contributed by atoms with E-state index in [1.54, 1.807) is 18.2 Å². The summed E-state index contributed by atoms with van der Waals surface area (Å²) in [5, 5.41) is 2.77. The van der Waals surface area contributed by atoms with Gasteiger partial charge in [-0.1, -0.05) is 23.9 Å². The lowest BCUT2D eigenvalue weighted by atomic mass is 10.2. The Kier molecular flexibility index (Phi) is 6.51. The van der Waals surface area contributed by atoms with Crippen molar-refractivity contribution in [2.75, 3.05) is 19.0 Å². The predicted molar refractivity (Wildman–Crippen MR) is 94.0 cm³/mol. The Labute approximate surface area is 147 Å². The van der Waals surface area contributed by atoms with E-state index in [-0.39, 0.29) is 10.8 Å². The molecule has 2 rings (SSSR count). The van der Waals surface area contributed by atoms with Crippen LogP contribution in [0.1, 0.15) is 23.7 Å². The summed E-state index contributed by atoms with van der Waals surface area (Å²) >= 11 is 0. The molecule has 8 heteroatoms. The van der Waals surface area contributed by atoms with Gasteiger partial charge in [-0.15, -0.1) is 0 Å². The first-order valence-corrected chi connectivity index (χ1v) is 9.14. The molecule has 0 radical (unpaired) electrons. The van der Waals surface area contributed by atoms with Gasteiger partial charge in [0.15, 0.2) is 0 Å². The lowest BCUT2D eigenvalue weighted by molar-refractivity contribution is 0.102. The van der Waals surface area contributed by atoms with Gasteiger partial charge in [0.05, 0.1) is 24.3 Å². The maximum absolute atomic E-state index is 12.4. The minimum absolute atomic E-state index is 0.00224. The Morgan fingerprint density at radius 3 is 2.40 bits per heavy atom. The molecule has 134 valence electrons. The molecule has 0 saturated carbocycles. The van der Waals surface area contributed by atoms with Gasteiger partial charge in [-0.3, -0.25) is 9.63 Å². The highest BCUT2D eigenvalue weighted by Crippen LogP contribution is 2.24. The maximum atomic E-state index is 12.4. The SMILES string of the molecule is CCCOc1ccccc1NC(=O)c1ccc(S(=O)(=O)NOC)cc1. The first-order chi connectivity index (χ1) is 12.0. The molecule has 1 amide bonds. The molecule has 0 bridgehead atoms. The molecule has 0 fully saturated rings. The number of hydrogen-bond acceptors (Lipinski definition) is 5. The van der Waals surface area contributed by atoms with Crippen molar-refractivity contribution in [3.63, 3.8) is 0 Å². The highest BCUT2D eigenvalue weighted by atomic mass is 32.2. The molecule has 0 aliphatic carbocycles. The number of ether oxygens (including phenoxy) is 1. The summed E-state index contributed by atoms with van der Waals surface area (Å²) in [7, 11) is -2.55. The second-order valence-corrected chi connectivity index (χ2v) is 6.76. The van der Waals surface area contributed by atoms with Gasteiger partial charge in [0, 0.05) is 5.56 Å². The monoisotopic (exact) mass is 364 g/mol. The Hall–Kier alpha value is -2.42. The number of benzene rings is 2. The van der Waals surface area contributed by atoms with Crippen LogP contribution in [0.4, 0.5) is 5.69 Å². The molecule has 0 heterocycles. The average molecular weight is 364 g/mol. The van der Waals surface area contributed by atoms with Crippen molar-refractivity contribution in [2.24, 2.45) is 0 Å². The zero-order valence-electron chi connectivity index (χ0n) is 14.0. The smallest absolute Gasteiger partial charge is 0.262 e. The van der Waals surface area contributed by atoms with E-state index in [1.807, 2.05) is 17.9 Å². The van der Waals surface area contributed by atoms with Crippen LogP contribution >= 0.6 is 0 Å². The third-order valence-electron chi connectivity index (χ3n) is 3.22. The van der Waals surface area contributed by atoms with E-state index in [4.69, 9.17) is 4.74 Å². The number of nitrogens with one attached hydrogen (secondary N) is 2. The molecule has 2 N–H and O–H groups in total. The fourth-order valence-corrected chi connectivity index (χ4v) is 2.86. The maximum Gasteiger partial charge on any atom is 0.262 e. The molecule has 0 atom stereocenters. The summed E-state index contributed by atoms with van der Waals surface area (Å²) < 4.78 is 29.2. The summed E-state index contributed by atoms with van der Waals surface area (Å²) in [6, 6.07) is 12.6. The van der Waals surface area contributed by atoms with Gasteiger partial charge in [-0.05, 0) is 42.8 Å². The van der Waals surface area contributed by atoms with Crippen LogP contribution in [0.15, 0.2) is 53.4 Å². The zero-order chi connectivity index (χ0) is 18.3. The Balaban J connectivity index is 2.14. The molecule has 0 aromatic heterocycles. The molecule has 0 unspecified atom stereocenters. The van der Waals surface area contributed by atoms with Gasteiger partial charge in [-0.2, -0.15) is 0 Å². The van der Waals surface area contributed by atoms with E-state index in [9.17, 15) is 13.2 Å². The predicted octanol–water partition coefficient (Wildman–Crippen LogP) is 2.57. The van der Waals surface area contributed by atoms with E-state index in [2.05, 4.69) is 10.2 Å². The number of rotatable bonds is 8. The van der Waals surface area contributed by atoms with Gasteiger partial charge in [0.25, 0.3) is 15.9 Å². The van der Waals surface area contributed by atoms with Crippen molar-refractivity contribution in [1.82, 2.24) is 4.89 Å². The van der Waals surface area contributed by atoms with Crippen LogP contribution in [-0.4, -0.2) is 28.0 Å². The quantitative estimate of drug-likeness (QED) is 0.702. The van der Waals surface area contributed by atoms with E-state index in [0.717, 1.165) is 6.42 Å². The van der Waals surface area contributed by atoms with Crippen molar-refractivity contribution in [2.45, 2.75) is 18.2 Å². The molecule has 7 nitrogen and oxygen atoms in total. The molecular weight excluding hydrogens is 344 g/mol. The summed E-state index contributed by atoms with van der Waals surface area (Å²) in [6.45, 7) is 2.54. The van der Waals surface area contributed by atoms with Crippen molar-refractivity contribution >= 4 is 21.6 Å². The minimum atomic E-state index is -3.75. The van der Waals surface area contributed by atoms with Crippen LogP contribution in [0.5, 0.6) is 5.75 Å². The average Bonchev–Trinajstić information content (AvgIpc) is 2.61. The minimum Gasteiger partial charge on any atom is -0.491 e. The van der Waals surface area contributed by atoms with E-state index >= 15 is 0 Å². The van der Waals surface area contributed by atoms with E-state index < -0.39 is 10.0 Å². The van der Waals surface area contributed by atoms with Crippen molar-refractivity contribution < 1.29 is 22.8 Å². The largest absolute Gasteiger partial charge is 0.491 e. The number of carbonyl (C=O) groups excluding carboxylic acids is 1. The molecule has 2 aromatic rings. The van der Waals surface area contributed by atoms with Crippen LogP contribution in [0, 0.1) is 0 Å². The third-order valence-corrected chi connectivity index (χ3v) is 4.50. The number of carbonyl (C=O) groups is 1. The second-order valence-electron chi connectivity index (χ2n) is 5.11. The number of para-hydroxylation sites is 2. The van der Waals surface area contributed by atoms with E-state index in [0.29, 0.717) is 23.6 Å². The molecule has 25 heavy (non-hydrogen) atoms. The number of anilines is 1. The molecule has 0 saturated heterocycles. The molecular formula is C17H20N2O5S. The highest BCUT2D eigenvalue weighted by molar-refractivity contribution is 7.89. The summed E-state index contributed by atoms with van der Waals surface area (Å²) in [5.41, 5.74) is 0.875. The van der Waals surface area contributed by atoms with Crippen molar-refractivity contribution in [3.8, 4) is 5.75 Å². The van der Waals surface area contributed by atoms with Crippen LogP contribution in [0.25, 0.3) is 0 Å². The first kappa shape index (κ1) is 18.9. The normalized spacial score (nSPS) is 11.1. The van der Waals surface area contributed by atoms with Gasteiger partial charge in [-0.25, -0.2) is 8.42 Å². The Morgan fingerprint density at radius 2 is 1.76 bits per heavy atom. The van der Waals surface area contributed by atoms with E-state index in [1.165, 1.54) is 31.4 Å². The van der Waals surface area contributed by atoms with Crippen LogP contribution < -0.4 is 14.9 Å². The fourth-order valence-electron chi connectivity index (χ4n) is 2.05. The van der Waals surface area contributed by atoms with Gasteiger partial charge < -0.3 is 10.1 Å². The Morgan fingerprint density at radius 1 is 1.08 bits per heavy atom. The topological polar surface area (TPSA) is 93.7 Å². The summed E-state index contributed by atoms with van der Waals surface area (Å²) in [5.74, 6) is 0.220. The van der Waals surface area contributed by atoms with Crippen molar-refractivity contribution in [1.29, 1.82) is 0 Å². The standard InChI is InChI=1S/C17H20N2O5S/c1-3-12-24-16-7-5-4-6-15(16)18-17(20)13-8-10-14(11-9-13)25(21,22)19-23-2/h4-11,19H,3,12H2,1-2H3,(H,18,20).